The molecule has 134 valence electrons. The van der Waals surface area contributed by atoms with Crippen molar-refractivity contribution in [1.29, 1.82) is 0 Å². The number of para-hydroxylation sites is 1. The van der Waals surface area contributed by atoms with Crippen molar-refractivity contribution in [3.05, 3.63) is 65.7 Å². The SMILES string of the molecule is Cc1c(-c2ccnc3cc(C(=O)N4CCc5ccccc54)nn23)cnn1C. The monoisotopic (exact) mass is 358 g/mol. The molecule has 0 saturated heterocycles. The summed E-state index contributed by atoms with van der Waals surface area (Å²) in [5.74, 6) is -0.0979. The molecule has 0 unspecified atom stereocenters. The number of amides is 1. The Hall–Kier alpha value is -3.48. The lowest BCUT2D eigenvalue weighted by Crippen LogP contribution is -2.29. The molecule has 0 saturated carbocycles. The molecule has 0 aliphatic carbocycles. The van der Waals surface area contributed by atoms with Crippen molar-refractivity contribution >= 4 is 17.2 Å². The van der Waals surface area contributed by atoms with Gasteiger partial charge in [0.25, 0.3) is 5.91 Å². The zero-order chi connectivity index (χ0) is 18.5. The summed E-state index contributed by atoms with van der Waals surface area (Å²) in [5, 5.41) is 8.89. The summed E-state index contributed by atoms with van der Waals surface area (Å²) in [6.07, 6.45) is 4.41. The molecule has 5 rings (SSSR count). The average molecular weight is 358 g/mol. The molecule has 0 fully saturated rings. The van der Waals surface area contributed by atoms with Crippen LogP contribution in [0.5, 0.6) is 0 Å². The normalized spacial score (nSPS) is 13.3. The number of anilines is 1. The molecule has 7 heteroatoms. The number of rotatable bonds is 2. The van der Waals surface area contributed by atoms with E-state index in [1.807, 2.05) is 49.1 Å². The predicted molar refractivity (Wildman–Crippen MR) is 102 cm³/mol. The van der Waals surface area contributed by atoms with E-state index in [9.17, 15) is 4.79 Å². The number of aromatic nitrogens is 5. The molecule has 4 aromatic rings. The predicted octanol–water partition coefficient (Wildman–Crippen LogP) is 2.64. The van der Waals surface area contributed by atoms with E-state index in [0.717, 1.165) is 29.1 Å². The Bertz CT molecular complexity index is 1190. The molecule has 4 heterocycles. The van der Waals surface area contributed by atoms with E-state index in [0.29, 0.717) is 17.9 Å². The van der Waals surface area contributed by atoms with Crippen LogP contribution in [0, 0.1) is 6.92 Å². The van der Waals surface area contributed by atoms with Gasteiger partial charge in [0.15, 0.2) is 11.3 Å². The van der Waals surface area contributed by atoms with Crippen molar-refractivity contribution in [3.63, 3.8) is 0 Å². The second-order valence-corrected chi connectivity index (χ2v) is 6.73. The first kappa shape index (κ1) is 15.7. The van der Waals surface area contributed by atoms with Gasteiger partial charge in [0, 0.05) is 42.8 Å². The van der Waals surface area contributed by atoms with Gasteiger partial charge in [-0.2, -0.15) is 10.2 Å². The first-order valence-corrected chi connectivity index (χ1v) is 8.87. The van der Waals surface area contributed by atoms with Crippen LogP contribution in [-0.2, 0) is 13.5 Å². The first-order chi connectivity index (χ1) is 13.1. The van der Waals surface area contributed by atoms with E-state index in [1.54, 1.807) is 21.7 Å². The minimum atomic E-state index is -0.0979. The summed E-state index contributed by atoms with van der Waals surface area (Å²) in [6.45, 7) is 2.68. The Labute approximate surface area is 155 Å². The largest absolute Gasteiger partial charge is 0.306 e. The van der Waals surface area contributed by atoms with Gasteiger partial charge in [0.1, 0.15) is 0 Å². The number of fused-ring (bicyclic) bond motifs is 2. The van der Waals surface area contributed by atoms with Gasteiger partial charge in [-0.1, -0.05) is 18.2 Å². The van der Waals surface area contributed by atoms with Crippen LogP contribution in [0.25, 0.3) is 16.9 Å². The van der Waals surface area contributed by atoms with Gasteiger partial charge in [-0.25, -0.2) is 9.50 Å². The van der Waals surface area contributed by atoms with Gasteiger partial charge < -0.3 is 4.90 Å². The highest BCUT2D eigenvalue weighted by atomic mass is 16.2. The minimum Gasteiger partial charge on any atom is -0.306 e. The Balaban J connectivity index is 1.59. The highest BCUT2D eigenvalue weighted by Crippen LogP contribution is 2.29. The third-order valence-corrected chi connectivity index (χ3v) is 5.22. The average Bonchev–Trinajstić information content (AvgIpc) is 3.39. The van der Waals surface area contributed by atoms with E-state index in [1.165, 1.54) is 5.56 Å². The van der Waals surface area contributed by atoms with Gasteiger partial charge in [0.2, 0.25) is 0 Å². The zero-order valence-corrected chi connectivity index (χ0v) is 15.1. The van der Waals surface area contributed by atoms with Crippen LogP contribution in [0.1, 0.15) is 21.7 Å². The molecule has 1 amide bonds. The third kappa shape index (κ3) is 2.35. The highest BCUT2D eigenvalue weighted by molar-refractivity contribution is 6.06. The van der Waals surface area contributed by atoms with E-state index in [4.69, 9.17) is 0 Å². The second-order valence-electron chi connectivity index (χ2n) is 6.73. The maximum absolute atomic E-state index is 13.1. The summed E-state index contributed by atoms with van der Waals surface area (Å²) in [6, 6.07) is 11.7. The summed E-state index contributed by atoms with van der Waals surface area (Å²) in [5.41, 5.74) is 6.07. The fourth-order valence-electron chi connectivity index (χ4n) is 3.64. The summed E-state index contributed by atoms with van der Waals surface area (Å²) < 4.78 is 3.54. The molecular weight excluding hydrogens is 340 g/mol. The van der Waals surface area contributed by atoms with Crippen LogP contribution in [0.4, 0.5) is 5.69 Å². The van der Waals surface area contributed by atoms with Crippen LogP contribution >= 0.6 is 0 Å². The Morgan fingerprint density at radius 1 is 1.19 bits per heavy atom. The van der Waals surface area contributed by atoms with Gasteiger partial charge in [-0.3, -0.25) is 9.48 Å². The molecule has 3 aromatic heterocycles. The minimum absolute atomic E-state index is 0.0979. The topological polar surface area (TPSA) is 68.3 Å². The fraction of sp³-hybridized carbons (Fsp3) is 0.200. The standard InChI is InChI=1S/C20H18N6O/c1-13-15(12-22-24(13)2)18-7-9-21-19-11-16(23-26(18)19)20(27)25-10-8-14-5-3-4-6-17(14)25/h3-7,9,11-12H,8,10H2,1-2H3. The maximum Gasteiger partial charge on any atom is 0.278 e. The summed E-state index contributed by atoms with van der Waals surface area (Å²) >= 11 is 0. The number of carbonyl (C=O) groups excluding carboxylic acids is 1. The molecule has 7 nitrogen and oxygen atoms in total. The number of hydrogen-bond donors (Lipinski definition) is 0. The van der Waals surface area contributed by atoms with Crippen molar-refractivity contribution in [2.24, 2.45) is 7.05 Å². The summed E-state index contributed by atoms with van der Waals surface area (Å²) in [4.78, 5) is 19.3. The molecule has 0 atom stereocenters. The first-order valence-electron chi connectivity index (χ1n) is 8.87. The number of carbonyl (C=O) groups is 1. The van der Waals surface area contributed by atoms with E-state index < -0.39 is 0 Å². The van der Waals surface area contributed by atoms with Crippen LogP contribution in [0.15, 0.2) is 48.8 Å². The molecule has 1 aliphatic heterocycles. The van der Waals surface area contributed by atoms with Crippen molar-refractivity contribution in [2.75, 3.05) is 11.4 Å². The molecule has 0 N–H and O–H groups in total. The van der Waals surface area contributed by atoms with Crippen LogP contribution in [0.2, 0.25) is 0 Å². The number of aryl methyl sites for hydroxylation is 1. The Morgan fingerprint density at radius 3 is 2.85 bits per heavy atom. The molecule has 0 bridgehead atoms. The smallest absolute Gasteiger partial charge is 0.278 e. The Morgan fingerprint density at radius 2 is 2.04 bits per heavy atom. The van der Waals surface area contributed by atoms with Gasteiger partial charge in [-0.05, 0) is 31.0 Å². The van der Waals surface area contributed by atoms with E-state index in [-0.39, 0.29) is 5.91 Å². The van der Waals surface area contributed by atoms with Gasteiger partial charge in [-0.15, -0.1) is 0 Å². The van der Waals surface area contributed by atoms with Crippen molar-refractivity contribution in [3.8, 4) is 11.3 Å². The highest BCUT2D eigenvalue weighted by Gasteiger charge is 2.27. The molecule has 1 aromatic carbocycles. The van der Waals surface area contributed by atoms with Crippen LogP contribution in [0.3, 0.4) is 0 Å². The van der Waals surface area contributed by atoms with E-state index >= 15 is 0 Å². The van der Waals surface area contributed by atoms with Crippen molar-refractivity contribution < 1.29 is 4.79 Å². The second kappa shape index (κ2) is 5.77. The maximum atomic E-state index is 13.1. The number of nitrogens with zero attached hydrogens (tertiary/aromatic N) is 6. The van der Waals surface area contributed by atoms with Crippen LogP contribution < -0.4 is 4.90 Å². The molecule has 0 spiro atoms. The molecular formula is C20H18N6O. The lowest BCUT2D eigenvalue weighted by molar-refractivity contribution is 0.0984. The number of hydrogen-bond acceptors (Lipinski definition) is 4. The lowest BCUT2D eigenvalue weighted by atomic mass is 10.2. The number of benzene rings is 1. The quantitative estimate of drug-likeness (QED) is 0.552. The molecule has 0 radical (unpaired) electrons. The van der Waals surface area contributed by atoms with Gasteiger partial charge >= 0.3 is 0 Å². The van der Waals surface area contributed by atoms with Crippen molar-refractivity contribution in [1.82, 2.24) is 24.4 Å². The zero-order valence-electron chi connectivity index (χ0n) is 15.1. The molecule has 27 heavy (non-hydrogen) atoms. The summed E-state index contributed by atoms with van der Waals surface area (Å²) in [7, 11) is 1.90. The van der Waals surface area contributed by atoms with Crippen LogP contribution in [-0.4, -0.2) is 36.8 Å². The van der Waals surface area contributed by atoms with Gasteiger partial charge in [0.05, 0.1) is 11.9 Å². The van der Waals surface area contributed by atoms with E-state index in [2.05, 4.69) is 21.2 Å². The molecule has 1 aliphatic rings. The Kier molecular flexibility index (Phi) is 3.36. The third-order valence-electron chi connectivity index (χ3n) is 5.22. The van der Waals surface area contributed by atoms with Crippen molar-refractivity contribution in [2.45, 2.75) is 13.3 Å². The lowest BCUT2D eigenvalue weighted by Gasteiger charge is -2.15. The fourth-order valence-corrected chi connectivity index (χ4v) is 3.64.